The molecule has 1 aromatic rings. The van der Waals surface area contributed by atoms with Crippen LogP contribution in [0.3, 0.4) is 0 Å². The third-order valence-electron chi connectivity index (χ3n) is 3.11. The number of hydrogen-bond acceptors (Lipinski definition) is 5. The minimum Gasteiger partial charge on any atom is -0.452 e. The van der Waals surface area contributed by atoms with Crippen molar-refractivity contribution in [2.45, 2.75) is 18.9 Å². The summed E-state index contributed by atoms with van der Waals surface area (Å²) >= 11 is 0. The molecule has 1 N–H and O–H groups in total. The molecule has 1 heterocycles. The van der Waals surface area contributed by atoms with E-state index in [0.717, 1.165) is 19.4 Å². The monoisotopic (exact) mass is 288 g/mol. The Morgan fingerprint density at radius 3 is 3.05 bits per heavy atom. The maximum absolute atomic E-state index is 11.7. The van der Waals surface area contributed by atoms with Crippen molar-refractivity contribution in [2.24, 2.45) is 0 Å². The van der Waals surface area contributed by atoms with Gasteiger partial charge in [-0.2, -0.15) is 5.26 Å². The van der Waals surface area contributed by atoms with E-state index >= 15 is 0 Å². The van der Waals surface area contributed by atoms with Crippen molar-refractivity contribution >= 4 is 11.9 Å². The lowest BCUT2D eigenvalue weighted by atomic mass is 10.1. The molecule has 0 aliphatic carbocycles. The van der Waals surface area contributed by atoms with Gasteiger partial charge in [0.1, 0.15) is 0 Å². The zero-order chi connectivity index (χ0) is 15.1. The topological polar surface area (TPSA) is 88.4 Å². The van der Waals surface area contributed by atoms with E-state index in [2.05, 4.69) is 5.32 Å². The van der Waals surface area contributed by atoms with Crippen LogP contribution in [0.25, 0.3) is 0 Å². The number of nitriles is 1. The van der Waals surface area contributed by atoms with E-state index in [1.165, 1.54) is 12.1 Å². The summed E-state index contributed by atoms with van der Waals surface area (Å²) in [6.07, 6.45) is 1.99. The highest BCUT2D eigenvalue weighted by atomic mass is 16.5. The molecule has 6 heteroatoms. The Morgan fingerprint density at radius 2 is 2.33 bits per heavy atom. The Balaban J connectivity index is 1.75. The first-order chi connectivity index (χ1) is 10.2. The molecule has 0 aromatic heterocycles. The fraction of sp³-hybridized carbons (Fsp3) is 0.400. The first-order valence-corrected chi connectivity index (χ1v) is 6.74. The fourth-order valence-electron chi connectivity index (χ4n) is 2.01. The molecular formula is C15H16N2O4. The summed E-state index contributed by atoms with van der Waals surface area (Å²) in [5.74, 6) is -0.991. The Morgan fingerprint density at radius 1 is 1.48 bits per heavy atom. The summed E-state index contributed by atoms with van der Waals surface area (Å²) in [7, 11) is 0. The standard InChI is InChI=1S/C15H16N2O4/c16-8-11-3-1-4-12(7-11)15(19)21-10-14(18)17-9-13-5-2-6-20-13/h1,3-4,7,13H,2,5-6,9-10H2,(H,17,18)/t13-/m1/s1. The van der Waals surface area contributed by atoms with Crippen LogP contribution in [-0.4, -0.2) is 37.7 Å². The molecule has 1 aliphatic rings. The number of carbonyl (C=O) groups excluding carboxylic acids is 2. The highest BCUT2D eigenvalue weighted by Gasteiger charge is 2.17. The molecule has 1 amide bonds. The number of ether oxygens (including phenoxy) is 2. The molecule has 110 valence electrons. The van der Waals surface area contributed by atoms with Gasteiger partial charge in [-0.05, 0) is 31.0 Å². The van der Waals surface area contributed by atoms with E-state index in [0.29, 0.717) is 12.1 Å². The van der Waals surface area contributed by atoms with Crippen LogP contribution in [0, 0.1) is 11.3 Å². The summed E-state index contributed by atoms with van der Waals surface area (Å²) in [5.41, 5.74) is 0.619. The molecule has 1 saturated heterocycles. The van der Waals surface area contributed by atoms with Crippen LogP contribution in [0.2, 0.25) is 0 Å². The van der Waals surface area contributed by atoms with Crippen molar-refractivity contribution in [1.82, 2.24) is 5.32 Å². The number of amides is 1. The minimum absolute atomic E-state index is 0.0527. The summed E-state index contributed by atoms with van der Waals surface area (Å²) in [6.45, 7) is 0.813. The van der Waals surface area contributed by atoms with Crippen LogP contribution in [0.1, 0.15) is 28.8 Å². The van der Waals surface area contributed by atoms with E-state index in [4.69, 9.17) is 14.7 Å². The first-order valence-electron chi connectivity index (χ1n) is 6.74. The van der Waals surface area contributed by atoms with E-state index < -0.39 is 5.97 Å². The number of nitrogens with one attached hydrogen (secondary N) is 1. The maximum atomic E-state index is 11.7. The summed E-state index contributed by atoms with van der Waals surface area (Å²) in [4.78, 5) is 23.3. The molecule has 1 atom stereocenters. The summed E-state index contributed by atoms with van der Waals surface area (Å²) < 4.78 is 10.3. The van der Waals surface area contributed by atoms with E-state index in [1.807, 2.05) is 6.07 Å². The average Bonchev–Trinajstić information content (AvgIpc) is 3.04. The normalized spacial score (nSPS) is 17.0. The Labute approximate surface area is 122 Å². The number of hydrogen-bond donors (Lipinski definition) is 1. The predicted octanol–water partition coefficient (Wildman–Crippen LogP) is 1.01. The van der Waals surface area contributed by atoms with Gasteiger partial charge in [0.2, 0.25) is 0 Å². The number of benzene rings is 1. The lowest BCUT2D eigenvalue weighted by molar-refractivity contribution is -0.124. The van der Waals surface area contributed by atoms with E-state index in [9.17, 15) is 9.59 Å². The predicted molar refractivity (Wildman–Crippen MR) is 73.4 cm³/mol. The van der Waals surface area contributed by atoms with Crippen LogP contribution < -0.4 is 5.32 Å². The number of nitrogens with zero attached hydrogens (tertiary/aromatic N) is 1. The minimum atomic E-state index is -0.626. The second-order valence-corrected chi connectivity index (χ2v) is 4.71. The van der Waals surface area contributed by atoms with Gasteiger partial charge in [-0.25, -0.2) is 4.79 Å². The van der Waals surface area contributed by atoms with Crippen molar-refractivity contribution in [3.8, 4) is 6.07 Å². The lowest BCUT2D eigenvalue weighted by Crippen LogP contribution is -2.34. The zero-order valence-corrected chi connectivity index (χ0v) is 11.5. The molecule has 2 rings (SSSR count). The van der Waals surface area contributed by atoms with Crippen LogP contribution in [0.15, 0.2) is 24.3 Å². The van der Waals surface area contributed by atoms with Gasteiger partial charge in [-0.15, -0.1) is 0 Å². The first kappa shape index (κ1) is 15.0. The van der Waals surface area contributed by atoms with Gasteiger partial charge in [0.05, 0.1) is 23.3 Å². The average molecular weight is 288 g/mol. The molecule has 21 heavy (non-hydrogen) atoms. The van der Waals surface area contributed by atoms with Crippen LogP contribution in [0.5, 0.6) is 0 Å². The second kappa shape index (κ2) is 7.41. The third kappa shape index (κ3) is 4.58. The molecular weight excluding hydrogens is 272 g/mol. The molecule has 1 aromatic carbocycles. The van der Waals surface area contributed by atoms with Gasteiger partial charge in [0, 0.05) is 13.2 Å². The van der Waals surface area contributed by atoms with Crippen molar-refractivity contribution in [3.05, 3.63) is 35.4 Å². The number of carbonyl (C=O) groups is 2. The van der Waals surface area contributed by atoms with Gasteiger partial charge in [-0.1, -0.05) is 6.07 Å². The van der Waals surface area contributed by atoms with Crippen molar-refractivity contribution in [3.63, 3.8) is 0 Å². The third-order valence-corrected chi connectivity index (χ3v) is 3.11. The van der Waals surface area contributed by atoms with Crippen LogP contribution >= 0.6 is 0 Å². The summed E-state index contributed by atoms with van der Waals surface area (Å²) in [5, 5.41) is 11.4. The van der Waals surface area contributed by atoms with Gasteiger partial charge in [-0.3, -0.25) is 4.79 Å². The molecule has 0 bridgehead atoms. The maximum Gasteiger partial charge on any atom is 0.338 e. The Hall–Kier alpha value is -2.39. The molecule has 6 nitrogen and oxygen atoms in total. The Bertz CT molecular complexity index is 559. The molecule has 0 saturated carbocycles. The van der Waals surface area contributed by atoms with Gasteiger partial charge in [0.25, 0.3) is 5.91 Å². The van der Waals surface area contributed by atoms with Gasteiger partial charge in [0.15, 0.2) is 6.61 Å². The lowest BCUT2D eigenvalue weighted by Gasteiger charge is -2.11. The van der Waals surface area contributed by atoms with E-state index in [1.54, 1.807) is 12.1 Å². The number of esters is 1. The highest BCUT2D eigenvalue weighted by Crippen LogP contribution is 2.10. The Kier molecular flexibility index (Phi) is 5.29. The largest absolute Gasteiger partial charge is 0.452 e. The van der Waals surface area contributed by atoms with Gasteiger partial charge >= 0.3 is 5.97 Å². The highest BCUT2D eigenvalue weighted by molar-refractivity contribution is 5.91. The van der Waals surface area contributed by atoms with Crippen LogP contribution in [0.4, 0.5) is 0 Å². The fourth-order valence-corrected chi connectivity index (χ4v) is 2.01. The number of rotatable bonds is 5. The van der Waals surface area contributed by atoms with E-state index in [-0.39, 0.29) is 24.2 Å². The van der Waals surface area contributed by atoms with Gasteiger partial charge < -0.3 is 14.8 Å². The quantitative estimate of drug-likeness (QED) is 0.817. The molecule has 0 spiro atoms. The summed E-state index contributed by atoms with van der Waals surface area (Å²) in [6, 6.07) is 8.07. The second-order valence-electron chi connectivity index (χ2n) is 4.71. The molecule has 0 unspecified atom stereocenters. The molecule has 1 aliphatic heterocycles. The van der Waals surface area contributed by atoms with Crippen LogP contribution in [-0.2, 0) is 14.3 Å². The van der Waals surface area contributed by atoms with Crippen molar-refractivity contribution < 1.29 is 19.1 Å². The zero-order valence-electron chi connectivity index (χ0n) is 11.5. The molecule has 1 fully saturated rings. The van der Waals surface area contributed by atoms with Crippen molar-refractivity contribution in [1.29, 1.82) is 5.26 Å². The molecule has 0 radical (unpaired) electrons. The SMILES string of the molecule is N#Cc1cccc(C(=O)OCC(=O)NC[C@H]2CCCO2)c1. The van der Waals surface area contributed by atoms with Crippen molar-refractivity contribution in [2.75, 3.05) is 19.8 Å². The smallest absolute Gasteiger partial charge is 0.338 e.